The Morgan fingerprint density at radius 3 is 2.71 bits per heavy atom. The molecule has 1 aromatic rings. The van der Waals surface area contributed by atoms with Crippen molar-refractivity contribution >= 4 is 11.6 Å². The van der Waals surface area contributed by atoms with Gasteiger partial charge in [0, 0.05) is 18.2 Å². The number of hydrogen-bond donors (Lipinski definition) is 1. The SMILES string of the molecule is CCC(C)(C)CC(=O)Nc1cccc(OC)c1. The quantitative estimate of drug-likeness (QED) is 0.848. The minimum atomic E-state index is 0.0446. The van der Waals surface area contributed by atoms with Gasteiger partial charge in [-0.15, -0.1) is 0 Å². The predicted molar refractivity (Wildman–Crippen MR) is 70.3 cm³/mol. The van der Waals surface area contributed by atoms with Crippen LogP contribution in [-0.4, -0.2) is 13.0 Å². The maximum absolute atomic E-state index is 11.8. The largest absolute Gasteiger partial charge is 0.497 e. The first-order valence-electron chi connectivity index (χ1n) is 5.91. The normalized spacial score (nSPS) is 11.1. The predicted octanol–water partition coefficient (Wildman–Crippen LogP) is 3.46. The maximum atomic E-state index is 11.8. The standard InChI is InChI=1S/C14H21NO2/c1-5-14(2,3)10-13(16)15-11-7-6-8-12(9-11)17-4/h6-9H,5,10H2,1-4H3,(H,15,16). The van der Waals surface area contributed by atoms with E-state index in [4.69, 9.17) is 4.74 Å². The third-order valence-electron chi connectivity index (χ3n) is 2.95. The van der Waals surface area contributed by atoms with Gasteiger partial charge >= 0.3 is 0 Å². The topological polar surface area (TPSA) is 38.3 Å². The van der Waals surface area contributed by atoms with Gasteiger partial charge in [0.1, 0.15) is 5.75 Å². The van der Waals surface area contributed by atoms with Crippen LogP contribution in [0.5, 0.6) is 5.75 Å². The lowest BCUT2D eigenvalue weighted by atomic mass is 9.86. The van der Waals surface area contributed by atoms with Gasteiger partial charge in [-0.05, 0) is 17.5 Å². The van der Waals surface area contributed by atoms with Gasteiger partial charge in [0.2, 0.25) is 5.91 Å². The van der Waals surface area contributed by atoms with Crippen LogP contribution < -0.4 is 10.1 Å². The fourth-order valence-corrected chi connectivity index (χ4v) is 1.47. The summed E-state index contributed by atoms with van der Waals surface area (Å²) in [4.78, 5) is 11.8. The number of rotatable bonds is 5. The number of methoxy groups -OCH3 is 1. The summed E-state index contributed by atoms with van der Waals surface area (Å²) in [5.74, 6) is 0.794. The van der Waals surface area contributed by atoms with Gasteiger partial charge in [0.25, 0.3) is 0 Å². The van der Waals surface area contributed by atoms with E-state index >= 15 is 0 Å². The molecule has 0 saturated carbocycles. The molecule has 0 spiro atoms. The van der Waals surface area contributed by atoms with Gasteiger partial charge in [-0.3, -0.25) is 4.79 Å². The van der Waals surface area contributed by atoms with Gasteiger partial charge in [0.05, 0.1) is 7.11 Å². The van der Waals surface area contributed by atoms with Crippen molar-refractivity contribution in [3.05, 3.63) is 24.3 Å². The molecule has 0 atom stereocenters. The molecule has 0 radical (unpaired) electrons. The molecule has 0 bridgehead atoms. The average molecular weight is 235 g/mol. The molecule has 1 aromatic carbocycles. The first-order chi connectivity index (χ1) is 7.96. The van der Waals surface area contributed by atoms with Gasteiger partial charge in [-0.2, -0.15) is 0 Å². The Morgan fingerprint density at radius 2 is 2.12 bits per heavy atom. The fraction of sp³-hybridized carbons (Fsp3) is 0.500. The third kappa shape index (κ3) is 4.47. The molecular formula is C14H21NO2. The van der Waals surface area contributed by atoms with Crippen molar-refractivity contribution in [2.24, 2.45) is 5.41 Å². The molecule has 1 N–H and O–H groups in total. The van der Waals surface area contributed by atoms with E-state index in [1.807, 2.05) is 24.3 Å². The molecule has 0 fully saturated rings. The summed E-state index contributed by atoms with van der Waals surface area (Å²) in [6.07, 6.45) is 1.51. The number of nitrogens with one attached hydrogen (secondary N) is 1. The van der Waals surface area contributed by atoms with Gasteiger partial charge in [-0.25, -0.2) is 0 Å². The van der Waals surface area contributed by atoms with Gasteiger partial charge in [0.15, 0.2) is 0 Å². The molecule has 0 aliphatic rings. The highest BCUT2D eigenvalue weighted by atomic mass is 16.5. The number of amides is 1. The van der Waals surface area contributed by atoms with Crippen molar-refractivity contribution in [1.82, 2.24) is 0 Å². The molecule has 1 amide bonds. The first-order valence-corrected chi connectivity index (χ1v) is 5.91. The number of hydrogen-bond acceptors (Lipinski definition) is 2. The second-order valence-electron chi connectivity index (χ2n) is 4.97. The zero-order chi connectivity index (χ0) is 12.9. The van der Waals surface area contributed by atoms with E-state index in [1.54, 1.807) is 7.11 Å². The number of anilines is 1. The summed E-state index contributed by atoms with van der Waals surface area (Å²) in [5, 5.41) is 2.89. The maximum Gasteiger partial charge on any atom is 0.224 e. The number of benzene rings is 1. The van der Waals surface area contributed by atoms with Gasteiger partial charge in [-0.1, -0.05) is 33.3 Å². The van der Waals surface area contributed by atoms with Crippen LogP contribution in [0.25, 0.3) is 0 Å². The molecular weight excluding hydrogens is 214 g/mol. The van der Waals surface area contributed by atoms with E-state index < -0.39 is 0 Å². The summed E-state index contributed by atoms with van der Waals surface area (Å²) in [5.41, 5.74) is 0.824. The summed E-state index contributed by atoms with van der Waals surface area (Å²) >= 11 is 0. The van der Waals surface area contributed by atoms with E-state index in [2.05, 4.69) is 26.1 Å². The van der Waals surface area contributed by atoms with Crippen LogP contribution in [0.3, 0.4) is 0 Å². The van der Waals surface area contributed by atoms with Crippen molar-refractivity contribution in [3.8, 4) is 5.75 Å². The molecule has 1 rings (SSSR count). The first kappa shape index (κ1) is 13.6. The van der Waals surface area contributed by atoms with Crippen LogP contribution in [-0.2, 0) is 4.79 Å². The molecule has 17 heavy (non-hydrogen) atoms. The van der Waals surface area contributed by atoms with Crippen LogP contribution in [0, 0.1) is 5.41 Å². The average Bonchev–Trinajstić information content (AvgIpc) is 2.28. The number of carbonyl (C=O) groups is 1. The molecule has 94 valence electrons. The molecule has 0 aliphatic heterocycles. The van der Waals surface area contributed by atoms with E-state index in [-0.39, 0.29) is 11.3 Å². The summed E-state index contributed by atoms with van der Waals surface area (Å²) in [7, 11) is 1.61. The van der Waals surface area contributed by atoms with Crippen LogP contribution in [0.15, 0.2) is 24.3 Å². The van der Waals surface area contributed by atoms with Crippen molar-refractivity contribution < 1.29 is 9.53 Å². The highest BCUT2D eigenvalue weighted by Gasteiger charge is 2.19. The van der Waals surface area contributed by atoms with Crippen molar-refractivity contribution in [2.75, 3.05) is 12.4 Å². The molecule has 0 unspecified atom stereocenters. The smallest absolute Gasteiger partial charge is 0.224 e. The van der Waals surface area contributed by atoms with E-state index in [0.29, 0.717) is 6.42 Å². The lowest BCUT2D eigenvalue weighted by Crippen LogP contribution is -2.21. The van der Waals surface area contributed by atoms with Crippen LogP contribution >= 0.6 is 0 Å². The minimum absolute atomic E-state index is 0.0446. The third-order valence-corrected chi connectivity index (χ3v) is 2.95. The summed E-state index contributed by atoms with van der Waals surface area (Å²) in [6.45, 7) is 6.29. The fourth-order valence-electron chi connectivity index (χ4n) is 1.47. The van der Waals surface area contributed by atoms with Crippen molar-refractivity contribution in [2.45, 2.75) is 33.6 Å². The Labute approximate surface area is 103 Å². The van der Waals surface area contributed by atoms with Crippen LogP contribution in [0.1, 0.15) is 33.6 Å². The van der Waals surface area contributed by atoms with E-state index in [1.165, 1.54) is 0 Å². The number of ether oxygens (including phenoxy) is 1. The van der Waals surface area contributed by atoms with Crippen molar-refractivity contribution in [1.29, 1.82) is 0 Å². The highest BCUT2D eigenvalue weighted by Crippen LogP contribution is 2.25. The Kier molecular flexibility index (Phi) is 4.55. The summed E-state index contributed by atoms with van der Waals surface area (Å²) in [6, 6.07) is 7.39. The van der Waals surface area contributed by atoms with E-state index in [9.17, 15) is 4.79 Å². The Bertz CT molecular complexity index is 386. The van der Waals surface area contributed by atoms with Crippen LogP contribution in [0.4, 0.5) is 5.69 Å². The molecule has 0 aliphatic carbocycles. The zero-order valence-corrected chi connectivity index (χ0v) is 11.0. The highest BCUT2D eigenvalue weighted by molar-refractivity contribution is 5.91. The zero-order valence-electron chi connectivity index (χ0n) is 11.0. The lowest BCUT2D eigenvalue weighted by Gasteiger charge is -2.21. The molecule has 0 heterocycles. The van der Waals surface area contributed by atoms with Crippen LogP contribution in [0.2, 0.25) is 0 Å². The molecule has 0 aromatic heterocycles. The Morgan fingerprint density at radius 1 is 1.41 bits per heavy atom. The Hall–Kier alpha value is -1.51. The monoisotopic (exact) mass is 235 g/mol. The second-order valence-corrected chi connectivity index (χ2v) is 4.97. The van der Waals surface area contributed by atoms with E-state index in [0.717, 1.165) is 17.9 Å². The summed E-state index contributed by atoms with van der Waals surface area (Å²) < 4.78 is 5.11. The minimum Gasteiger partial charge on any atom is -0.497 e. The molecule has 3 heteroatoms. The number of carbonyl (C=O) groups excluding carboxylic acids is 1. The molecule has 0 saturated heterocycles. The van der Waals surface area contributed by atoms with Gasteiger partial charge < -0.3 is 10.1 Å². The Balaban J connectivity index is 2.62. The molecule has 3 nitrogen and oxygen atoms in total. The second kappa shape index (κ2) is 5.71. The lowest BCUT2D eigenvalue weighted by molar-refractivity contribution is -0.118. The van der Waals surface area contributed by atoms with Crippen molar-refractivity contribution in [3.63, 3.8) is 0 Å².